The summed E-state index contributed by atoms with van der Waals surface area (Å²) in [5.41, 5.74) is 0. The predicted molar refractivity (Wildman–Crippen MR) is 31.6 cm³/mol. The smallest absolute Gasteiger partial charge is 0.366 e. The molecule has 0 saturated carbocycles. The molecular formula is C4HN3O2S. The van der Waals surface area contributed by atoms with Crippen LogP contribution in [0.5, 0.6) is 0 Å². The lowest BCUT2D eigenvalue weighted by molar-refractivity contribution is 0.0696. The number of rotatable bonds is 1. The van der Waals surface area contributed by atoms with Crippen molar-refractivity contribution in [2.24, 2.45) is 0 Å². The number of carboxylic acid groups (broad SMARTS) is 1. The number of nitriles is 1. The Kier molecular flexibility index (Phi) is 1.60. The van der Waals surface area contributed by atoms with Gasteiger partial charge < -0.3 is 5.11 Å². The van der Waals surface area contributed by atoms with E-state index in [-0.39, 0.29) is 10.8 Å². The average Bonchev–Trinajstić information content (AvgIpc) is 2.34. The minimum atomic E-state index is -1.15. The fourth-order valence-corrected chi connectivity index (χ4v) is 0.816. The highest BCUT2D eigenvalue weighted by Gasteiger charge is 2.08. The monoisotopic (exact) mass is 155 g/mol. The van der Waals surface area contributed by atoms with Gasteiger partial charge in [-0.25, -0.2) is 4.79 Å². The molecule has 10 heavy (non-hydrogen) atoms. The van der Waals surface area contributed by atoms with Gasteiger partial charge in [0.05, 0.1) is 0 Å². The van der Waals surface area contributed by atoms with Gasteiger partial charge in [-0.1, -0.05) is 0 Å². The second-order valence-electron chi connectivity index (χ2n) is 1.34. The molecule has 0 bridgehead atoms. The quantitative estimate of drug-likeness (QED) is 0.621. The molecule has 1 heterocycles. The Morgan fingerprint density at radius 3 is 2.80 bits per heavy atom. The summed E-state index contributed by atoms with van der Waals surface area (Å²) in [6, 6.07) is 1.63. The molecule has 0 aliphatic rings. The van der Waals surface area contributed by atoms with Gasteiger partial charge >= 0.3 is 5.97 Å². The van der Waals surface area contributed by atoms with Crippen LogP contribution in [0.2, 0.25) is 0 Å². The number of aromatic carboxylic acids is 1. The van der Waals surface area contributed by atoms with Crippen molar-refractivity contribution in [1.82, 2.24) is 9.36 Å². The maximum absolute atomic E-state index is 10.1. The van der Waals surface area contributed by atoms with E-state index >= 15 is 0 Å². The lowest BCUT2D eigenvalue weighted by Gasteiger charge is -1.76. The van der Waals surface area contributed by atoms with E-state index in [0.29, 0.717) is 11.5 Å². The number of hydrogen-bond acceptors (Lipinski definition) is 5. The van der Waals surface area contributed by atoms with Gasteiger partial charge in [-0.2, -0.15) is 14.6 Å². The second kappa shape index (κ2) is 2.41. The van der Waals surface area contributed by atoms with E-state index in [1.54, 1.807) is 6.07 Å². The third-order valence-corrected chi connectivity index (χ3v) is 1.41. The number of aromatic nitrogens is 2. The molecule has 5 nitrogen and oxygen atoms in total. The van der Waals surface area contributed by atoms with Crippen LogP contribution in [-0.4, -0.2) is 20.4 Å². The van der Waals surface area contributed by atoms with Crippen LogP contribution < -0.4 is 0 Å². The van der Waals surface area contributed by atoms with Crippen LogP contribution in [0.15, 0.2) is 0 Å². The van der Waals surface area contributed by atoms with Crippen molar-refractivity contribution < 1.29 is 9.90 Å². The van der Waals surface area contributed by atoms with Crippen molar-refractivity contribution in [3.63, 3.8) is 0 Å². The van der Waals surface area contributed by atoms with Crippen molar-refractivity contribution in [2.75, 3.05) is 0 Å². The first kappa shape index (κ1) is 6.64. The number of carboxylic acids is 1. The summed E-state index contributed by atoms with van der Waals surface area (Å²) in [7, 11) is 0. The van der Waals surface area contributed by atoms with Gasteiger partial charge in [0.2, 0.25) is 10.8 Å². The molecule has 0 saturated heterocycles. The summed E-state index contributed by atoms with van der Waals surface area (Å²) in [4.78, 5) is 13.5. The predicted octanol–water partition coefficient (Wildman–Crippen LogP) is 0.108. The van der Waals surface area contributed by atoms with E-state index in [1.165, 1.54) is 0 Å². The summed E-state index contributed by atoms with van der Waals surface area (Å²) >= 11 is 0.699. The van der Waals surface area contributed by atoms with Gasteiger partial charge in [0, 0.05) is 0 Å². The zero-order valence-electron chi connectivity index (χ0n) is 4.61. The molecule has 50 valence electrons. The molecule has 0 radical (unpaired) electrons. The van der Waals surface area contributed by atoms with Gasteiger partial charge in [0.15, 0.2) is 0 Å². The first-order valence-corrected chi connectivity index (χ1v) is 2.98. The third-order valence-electron chi connectivity index (χ3n) is 0.709. The Morgan fingerprint density at radius 1 is 1.80 bits per heavy atom. The van der Waals surface area contributed by atoms with Gasteiger partial charge in [-0.05, 0) is 11.5 Å². The van der Waals surface area contributed by atoms with Crippen molar-refractivity contribution in [2.45, 2.75) is 0 Å². The first-order valence-electron chi connectivity index (χ1n) is 2.21. The number of carbonyl (C=O) groups is 1. The van der Waals surface area contributed by atoms with Gasteiger partial charge in [0.25, 0.3) is 0 Å². The van der Waals surface area contributed by atoms with E-state index in [1.807, 2.05) is 0 Å². The molecule has 0 spiro atoms. The summed E-state index contributed by atoms with van der Waals surface area (Å²) in [5, 5.41) is 16.3. The highest BCUT2D eigenvalue weighted by atomic mass is 32.1. The van der Waals surface area contributed by atoms with Crippen LogP contribution in [0.3, 0.4) is 0 Å². The highest BCUT2D eigenvalue weighted by molar-refractivity contribution is 7.07. The number of hydrogen-bond donors (Lipinski definition) is 1. The fraction of sp³-hybridized carbons (Fsp3) is 0. The molecule has 1 aromatic rings. The number of nitrogens with zero attached hydrogens (tertiary/aromatic N) is 3. The molecule has 1 N–H and O–H groups in total. The van der Waals surface area contributed by atoms with Gasteiger partial charge in [0.1, 0.15) is 6.07 Å². The average molecular weight is 155 g/mol. The molecular weight excluding hydrogens is 154 g/mol. The van der Waals surface area contributed by atoms with E-state index in [0.717, 1.165) is 0 Å². The summed E-state index contributed by atoms with van der Waals surface area (Å²) in [5.74, 6) is -1.25. The standard InChI is InChI=1S/C4HN3O2S/c5-1-2-6-3(4(8)9)10-7-2/h(H,8,9). The van der Waals surface area contributed by atoms with Crippen LogP contribution >= 0.6 is 11.5 Å². The molecule has 0 atom stereocenters. The Balaban J connectivity index is 3.02. The zero-order valence-corrected chi connectivity index (χ0v) is 5.42. The van der Waals surface area contributed by atoms with E-state index < -0.39 is 5.97 Å². The van der Waals surface area contributed by atoms with Crippen LogP contribution in [-0.2, 0) is 0 Å². The Bertz CT molecular complexity index is 300. The van der Waals surface area contributed by atoms with Gasteiger partial charge in [-0.3, -0.25) is 0 Å². The molecule has 0 aromatic carbocycles. The van der Waals surface area contributed by atoms with Crippen molar-refractivity contribution in [3.8, 4) is 6.07 Å². The van der Waals surface area contributed by atoms with Crippen molar-refractivity contribution >= 4 is 17.5 Å². The second-order valence-corrected chi connectivity index (χ2v) is 2.09. The molecule has 0 aliphatic heterocycles. The molecule has 0 amide bonds. The van der Waals surface area contributed by atoms with Crippen LogP contribution in [0.4, 0.5) is 0 Å². The lowest BCUT2D eigenvalue weighted by atomic mass is 10.6. The molecule has 1 rings (SSSR count). The molecule has 0 unspecified atom stereocenters. The molecule has 6 heteroatoms. The maximum Gasteiger partial charge on any atom is 0.366 e. The summed E-state index contributed by atoms with van der Waals surface area (Å²) in [6.45, 7) is 0. The van der Waals surface area contributed by atoms with Crippen molar-refractivity contribution in [3.05, 3.63) is 10.8 Å². The SMILES string of the molecule is N#Cc1nsc(C(=O)O)n1. The topological polar surface area (TPSA) is 86.9 Å². The van der Waals surface area contributed by atoms with E-state index in [9.17, 15) is 4.79 Å². The van der Waals surface area contributed by atoms with Crippen LogP contribution in [0.1, 0.15) is 15.6 Å². The minimum Gasteiger partial charge on any atom is -0.476 e. The summed E-state index contributed by atoms with van der Waals surface area (Å²) in [6.07, 6.45) is 0. The Morgan fingerprint density at radius 2 is 2.50 bits per heavy atom. The summed E-state index contributed by atoms with van der Waals surface area (Å²) < 4.78 is 3.44. The molecule has 0 aliphatic carbocycles. The Labute approximate surface area is 59.7 Å². The minimum absolute atomic E-state index is 0.0950. The van der Waals surface area contributed by atoms with Gasteiger partial charge in [-0.15, -0.1) is 0 Å². The van der Waals surface area contributed by atoms with Crippen molar-refractivity contribution in [1.29, 1.82) is 5.26 Å². The fourth-order valence-electron chi connectivity index (χ4n) is 0.356. The lowest BCUT2D eigenvalue weighted by Crippen LogP contribution is -1.94. The van der Waals surface area contributed by atoms with Crippen LogP contribution in [0.25, 0.3) is 0 Å². The zero-order chi connectivity index (χ0) is 7.56. The Hall–Kier alpha value is -1.48. The maximum atomic E-state index is 10.1. The first-order chi connectivity index (χ1) is 4.74. The molecule has 0 fully saturated rings. The third kappa shape index (κ3) is 1.09. The highest BCUT2D eigenvalue weighted by Crippen LogP contribution is 2.02. The largest absolute Gasteiger partial charge is 0.476 e. The van der Waals surface area contributed by atoms with Crippen LogP contribution in [0, 0.1) is 11.3 Å². The van der Waals surface area contributed by atoms with E-state index in [2.05, 4.69) is 9.36 Å². The normalized spacial score (nSPS) is 8.70. The van der Waals surface area contributed by atoms with E-state index in [4.69, 9.17) is 10.4 Å². The molecule has 1 aromatic heterocycles.